The lowest BCUT2D eigenvalue weighted by Gasteiger charge is -2.24. The van der Waals surface area contributed by atoms with Crippen LogP contribution in [-0.4, -0.2) is 11.2 Å². The average Bonchev–Trinajstić information content (AvgIpc) is 2.54. The third-order valence-corrected chi connectivity index (χ3v) is 3.71. The highest BCUT2D eigenvalue weighted by Crippen LogP contribution is 2.34. The van der Waals surface area contributed by atoms with Gasteiger partial charge in [-0.25, -0.2) is 0 Å². The highest BCUT2D eigenvalue weighted by Gasteiger charge is 2.21. The third kappa shape index (κ3) is 2.60. The van der Waals surface area contributed by atoms with E-state index in [1.54, 1.807) is 0 Å². The largest absolute Gasteiger partial charge is 0.389 e. The molecule has 0 aromatic carbocycles. The molecule has 1 fully saturated rings. The predicted molar refractivity (Wildman–Crippen MR) is 59.1 cm³/mol. The monoisotopic (exact) mass is 194 g/mol. The average molecular weight is 194 g/mol. The molecule has 1 saturated carbocycles. The third-order valence-electron chi connectivity index (χ3n) is 3.71. The summed E-state index contributed by atoms with van der Waals surface area (Å²) in [6.45, 7) is 2.25. The molecule has 2 rings (SSSR count). The summed E-state index contributed by atoms with van der Waals surface area (Å²) in [7, 11) is 0. The fraction of sp³-hybridized carbons (Fsp3) is 0.846. The van der Waals surface area contributed by atoms with E-state index in [1.165, 1.54) is 44.1 Å². The van der Waals surface area contributed by atoms with Gasteiger partial charge >= 0.3 is 0 Å². The lowest BCUT2D eigenvalue weighted by molar-refractivity contribution is 0.178. The Morgan fingerprint density at radius 2 is 2.07 bits per heavy atom. The molecular weight excluding hydrogens is 172 g/mol. The van der Waals surface area contributed by atoms with Gasteiger partial charge in [0.05, 0.1) is 6.10 Å². The zero-order chi connectivity index (χ0) is 9.97. The minimum absolute atomic E-state index is 0.157. The lowest BCUT2D eigenvalue weighted by atomic mass is 9.84. The van der Waals surface area contributed by atoms with E-state index in [0.29, 0.717) is 5.92 Å². The number of aliphatic hydroxyl groups excluding tert-OH is 1. The van der Waals surface area contributed by atoms with Crippen molar-refractivity contribution >= 4 is 0 Å². The van der Waals surface area contributed by atoms with Crippen LogP contribution >= 0.6 is 0 Å². The number of allylic oxidation sites excluding steroid dienone is 1. The van der Waals surface area contributed by atoms with Gasteiger partial charge in [-0.05, 0) is 31.1 Å². The van der Waals surface area contributed by atoms with Gasteiger partial charge in [0.1, 0.15) is 0 Å². The first-order valence-electron chi connectivity index (χ1n) is 6.11. The fourth-order valence-electron chi connectivity index (χ4n) is 3.09. The van der Waals surface area contributed by atoms with Crippen LogP contribution in [0.15, 0.2) is 11.6 Å². The first-order chi connectivity index (χ1) is 6.74. The maximum absolute atomic E-state index is 9.65. The molecular formula is C13H22O. The van der Waals surface area contributed by atoms with Crippen LogP contribution in [0.25, 0.3) is 0 Å². The summed E-state index contributed by atoms with van der Waals surface area (Å²) in [5.74, 6) is 1.62. The van der Waals surface area contributed by atoms with Crippen molar-refractivity contribution in [1.29, 1.82) is 0 Å². The Labute approximate surface area is 87.2 Å². The van der Waals surface area contributed by atoms with E-state index >= 15 is 0 Å². The van der Waals surface area contributed by atoms with E-state index in [2.05, 4.69) is 13.0 Å². The van der Waals surface area contributed by atoms with Gasteiger partial charge in [0.2, 0.25) is 0 Å². The molecule has 2 atom stereocenters. The van der Waals surface area contributed by atoms with E-state index in [9.17, 15) is 5.11 Å². The number of hydrogen-bond donors (Lipinski definition) is 1. The Morgan fingerprint density at radius 1 is 1.36 bits per heavy atom. The van der Waals surface area contributed by atoms with Crippen LogP contribution in [0.2, 0.25) is 0 Å². The number of aliphatic hydroxyl groups is 1. The van der Waals surface area contributed by atoms with Crippen molar-refractivity contribution in [3.05, 3.63) is 11.6 Å². The first-order valence-corrected chi connectivity index (χ1v) is 6.11. The number of rotatable bonds is 2. The zero-order valence-electron chi connectivity index (χ0n) is 9.21. The predicted octanol–water partition coefficient (Wildman–Crippen LogP) is 3.28. The molecule has 0 heterocycles. The molecule has 1 nitrogen and oxygen atoms in total. The Hall–Kier alpha value is -0.300. The summed E-state index contributed by atoms with van der Waals surface area (Å²) in [4.78, 5) is 0. The van der Waals surface area contributed by atoms with E-state index in [0.717, 1.165) is 12.3 Å². The second kappa shape index (κ2) is 4.48. The van der Waals surface area contributed by atoms with Crippen molar-refractivity contribution < 1.29 is 5.11 Å². The summed E-state index contributed by atoms with van der Waals surface area (Å²) in [6.07, 6.45) is 11.1. The van der Waals surface area contributed by atoms with Crippen LogP contribution < -0.4 is 0 Å². The highest BCUT2D eigenvalue weighted by atomic mass is 16.3. The maximum atomic E-state index is 9.65. The summed E-state index contributed by atoms with van der Waals surface area (Å²) in [5, 5.41) is 9.65. The minimum Gasteiger partial charge on any atom is -0.389 e. The van der Waals surface area contributed by atoms with Crippen LogP contribution in [-0.2, 0) is 0 Å². The molecule has 1 heteroatoms. The van der Waals surface area contributed by atoms with Gasteiger partial charge in [0.15, 0.2) is 0 Å². The second-order valence-electron chi connectivity index (χ2n) is 5.29. The van der Waals surface area contributed by atoms with Crippen LogP contribution in [0.5, 0.6) is 0 Å². The van der Waals surface area contributed by atoms with Gasteiger partial charge in [0, 0.05) is 0 Å². The quantitative estimate of drug-likeness (QED) is 0.669. The van der Waals surface area contributed by atoms with Gasteiger partial charge in [-0.15, -0.1) is 0 Å². The lowest BCUT2D eigenvalue weighted by Crippen LogP contribution is -2.17. The van der Waals surface area contributed by atoms with Crippen LogP contribution in [0, 0.1) is 11.8 Å². The summed E-state index contributed by atoms with van der Waals surface area (Å²) >= 11 is 0. The molecule has 1 N–H and O–H groups in total. The molecule has 0 saturated heterocycles. The van der Waals surface area contributed by atoms with Crippen molar-refractivity contribution in [2.45, 2.75) is 58.0 Å². The Kier molecular flexibility index (Phi) is 3.27. The van der Waals surface area contributed by atoms with Crippen molar-refractivity contribution in [3.63, 3.8) is 0 Å². The Morgan fingerprint density at radius 3 is 2.71 bits per heavy atom. The second-order valence-corrected chi connectivity index (χ2v) is 5.29. The maximum Gasteiger partial charge on any atom is 0.0726 e. The number of hydrogen-bond acceptors (Lipinski definition) is 1. The molecule has 2 unspecified atom stereocenters. The molecule has 0 amide bonds. The van der Waals surface area contributed by atoms with Gasteiger partial charge < -0.3 is 5.11 Å². The van der Waals surface area contributed by atoms with Gasteiger partial charge in [-0.2, -0.15) is 0 Å². The van der Waals surface area contributed by atoms with E-state index in [1.807, 2.05) is 0 Å². The zero-order valence-corrected chi connectivity index (χ0v) is 9.21. The Bertz CT molecular complexity index is 213. The molecule has 0 aromatic heterocycles. The van der Waals surface area contributed by atoms with Gasteiger partial charge in [0.25, 0.3) is 0 Å². The van der Waals surface area contributed by atoms with Crippen molar-refractivity contribution in [2.75, 3.05) is 0 Å². The summed E-state index contributed by atoms with van der Waals surface area (Å²) in [5.41, 5.74) is 1.53. The normalized spacial score (nSPS) is 34.6. The van der Waals surface area contributed by atoms with Crippen LogP contribution in [0.3, 0.4) is 0 Å². The SMILES string of the molecule is CC1CC(CC2CCCC2)=CC(O)C1. The molecule has 14 heavy (non-hydrogen) atoms. The topological polar surface area (TPSA) is 20.2 Å². The Balaban J connectivity index is 1.89. The fourth-order valence-corrected chi connectivity index (χ4v) is 3.09. The molecule has 2 aliphatic carbocycles. The molecule has 0 spiro atoms. The summed E-state index contributed by atoms with van der Waals surface area (Å²) < 4.78 is 0. The van der Waals surface area contributed by atoms with Crippen molar-refractivity contribution in [3.8, 4) is 0 Å². The molecule has 2 aliphatic rings. The molecule has 0 aliphatic heterocycles. The van der Waals surface area contributed by atoms with Gasteiger partial charge in [-0.1, -0.05) is 44.3 Å². The van der Waals surface area contributed by atoms with Gasteiger partial charge in [-0.3, -0.25) is 0 Å². The van der Waals surface area contributed by atoms with E-state index in [4.69, 9.17) is 0 Å². The van der Waals surface area contributed by atoms with Crippen molar-refractivity contribution in [2.24, 2.45) is 11.8 Å². The first kappa shape index (κ1) is 10.2. The van der Waals surface area contributed by atoms with Crippen LogP contribution in [0.1, 0.15) is 51.9 Å². The molecule has 0 radical (unpaired) electrons. The van der Waals surface area contributed by atoms with Crippen molar-refractivity contribution in [1.82, 2.24) is 0 Å². The van der Waals surface area contributed by atoms with Crippen LogP contribution in [0.4, 0.5) is 0 Å². The minimum atomic E-state index is -0.157. The summed E-state index contributed by atoms with van der Waals surface area (Å²) in [6, 6.07) is 0. The van der Waals surface area contributed by atoms with E-state index in [-0.39, 0.29) is 6.10 Å². The smallest absolute Gasteiger partial charge is 0.0726 e. The molecule has 0 aromatic rings. The molecule has 0 bridgehead atoms. The highest BCUT2D eigenvalue weighted by molar-refractivity contribution is 5.11. The standard InChI is InChI=1S/C13H22O/c1-10-6-12(9-13(14)7-10)8-11-4-2-3-5-11/h9-11,13-14H,2-8H2,1H3. The van der Waals surface area contributed by atoms with E-state index < -0.39 is 0 Å². The molecule has 80 valence electrons.